The van der Waals surface area contributed by atoms with Crippen molar-refractivity contribution in [2.45, 2.75) is 6.42 Å². The topological polar surface area (TPSA) is 34.1 Å². The number of benzene rings is 2. The van der Waals surface area contributed by atoms with Gasteiger partial charge in [-0.3, -0.25) is 9.59 Å². The average Bonchev–Trinajstić information content (AvgIpc) is 2.40. The molecule has 0 radical (unpaired) electrons. The summed E-state index contributed by atoms with van der Waals surface area (Å²) in [6.07, 6.45) is 0.716. The molecule has 0 fully saturated rings. The van der Waals surface area contributed by atoms with Gasteiger partial charge in [-0.05, 0) is 65.0 Å². The second kappa shape index (κ2) is 6.00. The minimum Gasteiger partial charge on any atom is -0.276 e. The van der Waals surface area contributed by atoms with E-state index in [1.165, 1.54) is 0 Å². The maximum Gasteiger partial charge on any atom is 0.252 e. The molecule has 4 heteroatoms. The largest absolute Gasteiger partial charge is 0.276 e. The van der Waals surface area contributed by atoms with Crippen LogP contribution in [0.5, 0.6) is 0 Å². The second-order valence-electron chi connectivity index (χ2n) is 4.12. The van der Waals surface area contributed by atoms with Gasteiger partial charge >= 0.3 is 0 Å². The van der Waals surface area contributed by atoms with E-state index in [2.05, 4.69) is 0 Å². The lowest BCUT2D eigenvalue weighted by molar-refractivity contribution is 0.107. The Balaban J connectivity index is 2.12. The molecule has 0 aliphatic rings. The highest BCUT2D eigenvalue weighted by Gasteiger charge is 2.03. The first-order valence-electron chi connectivity index (χ1n) is 5.64. The van der Waals surface area contributed by atoms with E-state index < -0.39 is 10.5 Å². The van der Waals surface area contributed by atoms with Gasteiger partial charge in [-0.2, -0.15) is 0 Å². The van der Waals surface area contributed by atoms with E-state index in [1.807, 2.05) is 24.3 Å². The molecule has 0 aliphatic carbocycles. The van der Waals surface area contributed by atoms with Gasteiger partial charge in [0.1, 0.15) is 0 Å². The fourth-order valence-corrected chi connectivity index (χ4v) is 1.99. The summed E-state index contributed by atoms with van der Waals surface area (Å²) in [5.74, 6) is 0. The van der Waals surface area contributed by atoms with Crippen molar-refractivity contribution >= 4 is 33.7 Å². The van der Waals surface area contributed by atoms with Gasteiger partial charge in [0, 0.05) is 11.1 Å². The molecule has 0 amide bonds. The van der Waals surface area contributed by atoms with Crippen LogP contribution >= 0.6 is 23.2 Å². The van der Waals surface area contributed by atoms with E-state index in [4.69, 9.17) is 23.2 Å². The lowest BCUT2D eigenvalue weighted by Gasteiger charge is -2.03. The minimum absolute atomic E-state index is 0.462. The number of rotatable bonds is 4. The zero-order chi connectivity index (χ0) is 13.8. The maximum atomic E-state index is 10.9. The van der Waals surface area contributed by atoms with Crippen LogP contribution in [0.25, 0.3) is 0 Å². The fraction of sp³-hybridized carbons (Fsp3) is 0.0667. The average molecular weight is 293 g/mol. The lowest BCUT2D eigenvalue weighted by atomic mass is 10.0. The molecule has 0 saturated heterocycles. The van der Waals surface area contributed by atoms with Crippen molar-refractivity contribution in [2.75, 3.05) is 0 Å². The molecule has 2 nitrogen and oxygen atoms in total. The molecule has 0 atom stereocenters. The van der Waals surface area contributed by atoms with Crippen LogP contribution in [0.4, 0.5) is 0 Å². The second-order valence-corrected chi connectivity index (χ2v) is 4.80. The monoisotopic (exact) mass is 292 g/mol. The smallest absolute Gasteiger partial charge is 0.252 e. The molecule has 0 heterocycles. The normalized spacial score (nSPS) is 10.2. The molecule has 0 unspecified atom stereocenters. The van der Waals surface area contributed by atoms with Crippen molar-refractivity contribution < 1.29 is 9.59 Å². The molecule has 0 bridgehead atoms. The van der Waals surface area contributed by atoms with Crippen LogP contribution in [0.15, 0.2) is 48.5 Å². The fourth-order valence-electron chi connectivity index (χ4n) is 1.74. The number of carbonyl (C=O) groups is 2. The van der Waals surface area contributed by atoms with Gasteiger partial charge in [0.25, 0.3) is 10.5 Å². The van der Waals surface area contributed by atoms with Crippen LogP contribution in [0.3, 0.4) is 0 Å². The predicted molar refractivity (Wildman–Crippen MR) is 76.1 cm³/mol. The Hall–Kier alpha value is -1.64. The number of hydrogen-bond donors (Lipinski definition) is 0. The highest BCUT2D eigenvalue weighted by atomic mass is 35.5. The van der Waals surface area contributed by atoms with Crippen LogP contribution in [0.1, 0.15) is 31.8 Å². The molecule has 19 heavy (non-hydrogen) atoms. The van der Waals surface area contributed by atoms with E-state index in [1.54, 1.807) is 24.3 Å². The lowest BCUT2D eigenvalue weighted by Crippen LogP contribution is -1.93. The Morgan fingerprint density at radius 1 is 0.684 bits per heavy atom. The first-order chi connectivity index (χ1) is 9.06. The van der Waals surface area contributed by atoms with Gasteiger partial charge < -0.3 is 0 Å². The van der Waals surface area contributed by atoms with Gasteiger partial charge in [-0.25, -0.2) is 0 Å². The molecule has 0 spiro atoms. The minimum atomic E-state index is -0.462. The summed E-state index contributed by atoms with van der Waals surface area (Å²) < 4.78 is 0. The third-order valence-electron chi connectivity index (χ3n) is 2.77. The van der Waals surface area contributed by atoms with E-state index in [9.17, 15) is 9.59 Å². The molecule has 0 saturated carbocycles. The molecule has 0 aromatic heterocycles. The van der Waals surface area contributed by atoms with E-state index >= 15 is 0 Å². The summed E-state index contributed by atoms with van der Waals surface area (Å²) >= 11 is 10.8. The molecular weight excluding hydrogens is 283 g/mol. The summed E-state index contributed by atoms with van der Waals surface area (Å²) in [5, 5.41) is -0.923. The van der Waals surface area contributed by atoms with Gasteiger partial charge in [-0.1, -0.05) is 24.3 Å². The standard InChI is InChI=1S/C15H10Cl2O2/c16-14(18)12-5-1-10(2-6-12)9-11-3-7-13(8-4-11)15(17)19/h1-8H,9H2. The Morgan fingerprint density at radius 3 is 1.26 bits per heavy atom. The zero-order valence-corrected chi connectivity index (χ0v) is 11.4. The van der Waals surface area contributed by atoms with Crippen LogP contribution in [-0.2, 0) is 6.42 Å². The first-order valence-corrected chi connectivity index (χ1v) is 6.39. The first kappa shape index (κ1) is 13.8. The molecular formula is C15H10Cl2O2. The van der Waals surface area contributed by atoms with Crippen LogP contribution in [0.2, 0.25) is 0 Å². The SMILES string of the molecule is O=C(Cl)c1ccc(Cc2ccc(C(=O)Cl)cc2)cc1. The van der Waals surface area contributed by atoms with Crippen molar-refractivity contribution in [1.29, 1.82) is 0 Å². The Kier molecular flexibility index (Phi) is 4.35. The molecule has 2 aromatic carbocycles. The van der Waals surface area contributed by atoms with Crippen molar-refractivity contribution in [3.05, 3.63) is 70.8 Å². The zero-order valence-electron chi connectivity index (χ0n) is 9.90. The summed E-state index contributed by atoms with van der Waals surface area (Å²) in [4.78, 5) is 21.9. The third-order valence-corrected chi connectivity index (χ3v) is 3.21. The molecule has 2 rings (SSSR count). The van der Waals surface area contributed by atoms with Gasteiger partial charge in [0.05, 0.1) is 0 Å². The number of hydrogen-bond acceptors (Lipinski definition) is 2. The van der Waals surface area contributed by atoms with Crippen molar-refractivity contribution in [3.63, 3.8) is 0 Å². The molecule has 0 N–H and O–H groups in total. The Bertz CT molecular complexity index is 546. The maximum absolute atomic E-state index is 10.9. The van der Waals surface area contributed by atoms with Gasteiger partial charge in [-0.15, -0.1) is 0 Å². The third kappa shape index (κ3) is 3.66. The van der Waals surface area contributed by atoms with Crippen LogP contribution in [0, 0.1) is 0 Å². The summed E-state index contributed by atoms with van der Waals surface area (Å²) in [6, 6.07) is 14.2. The quantitative estimate of drug-likeness (QED) is 0.797. The van der Waals surface area contributed by atoms with Gasteiger partial charge in [0.15, 0.2) is 0 Å². The predicted octanol–water partition coefficient (Wildman–Crippen LogP) is 4.04. The Morgan fingerprint density at radius 2 is 1.00 bits per heavy atom. The number of carbonyl (C=O) groups excluding carboxylic acids is 2. The number of halogens is 2. The van der Waals surface area contributed by atoms with Crippen molar-refractivity contribution in [2.24, 2.45) is 0 Å². The summed E-state index contributed by atoms with van der Waals surface area (Å²) in [7, 11) is 0. The van der Waals surface area contributed by atoms with Gasteiger partial charge in [0.2, 0.25) is 0 Å². The molecule has 0 aliphatic heterocycles. The van der Waals surface area contributed by atoms with E-state index in [0.29, 0.717) is 17.5 Å². The highest BCUT2D eigenvalue weighted by Crippen LogP contribution is 2.14. The molecule has 2 aromatic rings. The Labute approximate surface area is 121 Å². The van der Waals surface area contributed by atoms with Crippen LogP contribution in [-0.4, -0.2) is 10.5 Å². The van der Waals surface area contributed by atoms with Crippen molar-refractivity contribution in [3.8, 4) is 0 Å². The molecule has 96 valence electrons. The summed E-state index contributed by atoms with van der Waals surface area (Å²) in [6.45, 7) is 0. The van der Waals surface area contributed by atoms with E-state index in [-0.39, 0.29) is 0 Å². The highest BCUT2D eigenvalue weighted by molar-refractivity contribution is 6.68. The van der Waals surface area contributed by atoms with E-state index in [0.717, 1.165) is 11.1 Å². The van der Waals surface area contributed by atoms with Crippen LogP contribution < -0.4 is 0 Å². The van der Waals surface area contributed by atoms with Crippen molar-refractivity contribution in [1.82, 2.24) is 0 Å². The summed E-state index contributed by atoms with van der Waals surface area (Å²) in [5.41, 5.74) is 3.08.